The van der Waals surface area contributed by atoms with E-state index in [0.29, 0.717) is 34.4 Å². The summed E-state index contributed by atoms with van der Waals surface area (Å²) in [4.78, 5) is 25.3. The molecule has 0 saturated carbocycles. The fourth-order valence-corrected chi connectivity index (χ4v) is 2.99. The summed E-state index contributed by atoms with van der Waals surface area (Å²) in [7, 11) is 1.55. The predicted octanol–water partition coefficient (Wildman–Crippen LogP) is 4.91. The zero-order chi connectivity index (χ0) is 22.2. The van der Waals surface area contributed by atoms with Crippen molar-refractivity contribution in [2.24, 2.45) is 0 Å². The molecule has 0 aliphatic rings. The fourth-order valence-electron chi connectivity index (χ4n) is 2.80. The molecule has 0 fully saturated rings. The van der Waals surface area contributed by atoms with Crippen molar-refractivity contribution in [2.45, 2.75) is 13.3 Å². The van der Waals surface area contributed by atoms with Gasteiger partial charge in [0.05, 0.1) is 7.11 Å². The maximum atomic E-state index is 12.7. The predicted molar refractivity (Wildman–Crippen MR) is 121 cm³/mol. The van der Waals surface area contributed by atoms with Gasteiger partial charge in [0, 0.05) is 28.8 Å². The molecule has 3 rings (SSSR count). The molecule has 0 unspecified atom stereocenters. The maximum Gasteiger partial charge on any atom is 0.267 e. The van der Waals surface area contributed by atoms with Crippen molar-refractivity contribution in [2.75, 3.05) is 13.7 Å². The second-order valence-electron chi connectivity index (χ2n) is 6.71. The molecule has 0 bridgehead atoms. The van der Waals surface area contributed by atoms with Gasteiger partial charge < -0.3 is 19.8 Å². The number of halogens is 1. The molecule has 160 valence electrons. The third kappa shape index (κ3) is 5.99. The Morgan fingerprint density at radius 2 is 1.87 bits per heavy atom. The number of furan rings is 1. The third-order valence-electron chi connectivity index (χ3n) is 4.40. The summed E-state index contributed by atoms with van der Waals surface area (Å²) < 4.78 is 11.0. The Balaban J connectivity index is 1.85. The van der Waals surface area contributed by atoms with Crippen LogP contribution >= 0.6 is 11.6 Å². The van der Waals surface area contributed by atoms with Crippen molar-refractivity contribution in [3.63, 3.8) is 0 Å². The van der Waals surface area contributed by atoms with E-state index in [4.69, 9.17) is 20.8 Å². The Hall–Kier alpha value is -3.51. The molecular formula is C24H23ClN2O4. The van der Waals surface area contributed by atoms with Crippen LogP contribution in [0.15, 0.2) is 70.8 Å². The van der Waals surface area contributed by atoms with Crippen molar-refractivity contribution in [3.05, 3.63) is 82.7 Å². The molecule has 0 spiro atoms. The zero-order valence-corrected chi connectivity index (χ0v) is 18.0. The van der Waals surface area contributed by atoms with Gasteiger partial charge in [0.1, 0.15) is 23.0 Å². The number of carbonyl (C=O) groups is 2. The van der Waals surface area contributed by atoms with Crippen LogP contribution in [0.5, 0.6) is 5.75 Å². The summed E-state index contributed by atoms with van der Waals surface area (Å²) in [6.45, 7) is 2.43. The number of carbonyl (C=O) groups excluding carboxylic acids is 2. The van der Waals surface area contributed by atoms with Gasteiger partial charge >= 0.3 is 0 Å². The van der Waals surface area contributed by atoms with Crippen LogP contribution in [0, 0.1) is 0 Å². The quantitative estimate of drug-likeness (QED) is 0.490. The fraction of sp³-hybridized carbons (Fsp3) is 0.167. The monoisotopic (exact) mass is 438 g/mol. The number of hydrogen-bond acceptors (Lipinski definition) is 4. The van der Waals surface area contributed by atoms with Crippen LogP contribution in [0.2, 0.25) is 5.02 Å². The van der Waals surface area contributed by atoms with E-state index in [1.807, 2.05) is 19.1 Å². The molecule has 1 aromatic heterocycles. The Bertz CT molecular complexity index is 1090. The number of benzene rings is 2. The maximum absolute atomic E-state index is 12.7. The van der Waals surface area contributed by atoms with Gasteiger partial charge in [-0.05, 0) is 55.0 Å². The Labute approximate surface area is 185 Å². The minimum atomic E-state index is -0.415. The first-order chi connectivity index (χ1) is 15.0. The number of methoxy groups -OCH3 is 1. The first kappa shape index (κ1) is 22.2. The number of amides is 2. The van der Waals surface area contributed by atoms with Crippen LogP contribution in [0.3, 0.4) is 0 Å². The molecule has 0 aliphatic heterocycles. The van der Waals surface area contributed by atoms with Crippen LogP contribution in [0.4, 0.5) is 0 Å². The average Bonchev–Trinajstić information content (AvgIpc) is 3.25. The lowest BCUT2D eigenvalue weighted by molar-refractivity contribution is -0.117. The Morgan fingerprint density at radius 1 is 1.10 bits per heavy atom. The highest BCUT2D eigenvalue weighted by Crippen LogP contribution is 2.25. The number of nitrogens with one attached hydrogen (secondary N) is 2. The lowest BCUT2D eigenvalue weighted by Crippen LogP contribution is -2.35. The molecule has 6 nitrogen and oxygen atoms in total. The van der Waals surface area contributed by atoms with Crippen LogP contribution in [-0.2, 0) is 4.79 Å². The lowest BCUT2D eigenvalue weighted by atomic mass is 10.2. The van der Waals surface area contributed by atoms with Crippen LogP contribution in [-0.4, -0.2) is 25.5 Å². The third-order valence-corrected chi connectivity index (χ3v) is 4.64. The van der Waals surface area contributed by atoms with Gasteiger partial charge in [0.2, 0.25) is 0 Å². The second kappa shape index (κ2) is 10.5. The van der Waals surface area contributed by atoms with E-state index < -0.39 is 11.8 Å². The standard InChI is InChI=1S/C24H23ClN2O4/c1-3-13-26-24(29)21(27-23(28)16-7-9-19(30-2)10-8-16)15-20-11-12-22(31-20)17-5-4-6-18(25)14-17/h4-12,14-15H,3,13H2,1-2H3,(H,26,29)(H,27,28). The molecule has 0 radical (unpaired) electrons. The van der Waals surface area contributed by atoms with Crippen LogP contribution in [0.25, 0.3) is 17.4 Å². The van der Waals surface area contributed by atoms with E-state index in [2.05, 4.69) is 10.6 Å². The van der Waals surface area contributed by atoms with E-state index in [1.165, 1.54) is 6.08 Å². The zero-order valence-electron chi connectivity index (χ0n) is 17.3. The average molecular weight is 439 g/mol. The van der Waals surface area contributed by atoms with Crippen molar-refractivity contribution in [1.29, 1.82) is 0 Å². The Kier molecular flexibility index (Phi) is 7.51. The highest BCUT2D eigenvalue weighted by Gasteiger charge is 2.16. The summed E-state index contributed by atoms with van der Waals surface area (Å²) in [5.74, 6) is 0.846. The highest BCUT2D eigenvalue weighted by molar-refractivity contribution is 6.30. The van der Waals surface area contributed by atoms with Gasteiger partial charge in [-0.15, -0.1) is 0 Å². The van der Waals surface area contributed by atoms with Gasteiger partial charge in [-0.3, -0.25) is 9.59 Å². The van der Waals surface area contributed by atoms with E-state index in [1.54, 1.807) is 55.6 Å². The van der Waals surface area contributed by atoms with E-state index in [0.717, 1.165) is 12.0 Å². The SMILES string of the molecule is CCCNC(=O)C(=Cc1ccc(-c2cccc(Cl)c2)o1)NC(=O)c1ccc(OC)cc1. The molecule has 0 saturated heterocycles. The minimum Gasteiger partial charge on any atom is -0.497 e. The topological polar surface area (TPSA) is 80.6 Å². The molecule has 3 aromatic rings. The summed E-state index contributed by atoms with van der Waals surface area (Å²) in [5, 5.41) is 6.04. The largest absolute Gasteiger partial charge is 0.497 e. The van der Waals surface area contributed by atoms with Gasteiger partial charge in [0.15, 0.2) is 0 Å². The Morgan fingerprint density at radius 3 is 2.55 bits per heavy atom. The van der Waals surface area contributed by atoms with Crippen molar-refractivity contribution >= 4 is 29.5 Å². The molecule has 2 N–H and O–H groups in total. The first-order valence-electron chi connectivity index (χ1n) is 9.81. The number of ether oxygens (including phenoxy) is 1. The van der Waals surface area contributed by atoms with Crippen LogP contribution < -0.4 is 15.4 Å². The summed E-state index contributed by atoms with van der Waals surface area (Å²) in [6.07, 6.45) is 2.27. The number of hydrogen-bond donors (Lipinski definition) is 2. The lowest BCUT2D eigenvalue weighted by Gasteiger charge is -2.10. The van der Waals surface area contributed by atoms with Crippen molar-refractivity contribution < 1.29 is 18.7 Å². The van der Waals surface area contributed by atoms with Gasteiger partial charge in [-0.25, -0.2) is 0 Å². The molecule has 1 heterocycles. The summed E-state index contributed by atoms with van der Waals surface area (Å²) in [6, 6.07) is 17.4. The molecular weight excluding hydrogens is 416 g/mol. The number of rotatable bonds is 8. The molecule has 0 aliphatic carbocycles. The molecule has 0 atom stereocenters. The van der Waals surface area contributed by atoms with Gasteiger partial charge in [-0.2, -0.15) is 0 Å². The smallest absolute Gasteiger partial charge is 0.267 e. The highest BCUT2D eigenvalue weighted by atomic mass is 35.5. The molecule has 2 amide bonds. The molecule has 7 heteroatoms. The second-order valence-corrected chi connectivity index (χ2v) is 7.15. The van der Waals surface area contributed by atoms with Gasteiger partial charge in [-0.1, -0.05) is 30.7 Å². The van der Waals surface area contributed by atoms with E-state index in [9.17, 15) is 9.59 Å². The van der Waals surface area contributed by atoms with Crippen molar-refractivity contribution in [1.82, 2.24) is 10.6 Å². The summed E-state index contributed by atoms with van der Waals surface area (Å²) >= 11 is 6.05. The van der Waals surface area contributed by atoms with E-state index in [-0.39, 0.29) is 5.70 Å². The molecule has 31 heavy (non-hydrogen) atoms. The van der Waals surface area contributed by atoms with E-state index >= 15 is 0 Å². The normalized spacial score (nSPS) is 11.1. The van der Waals surface area contributed by atoms with Gasteiger partial charge in [0.25, 0.3) is 11.8 Å². The minimum absolute atomic E-state index is 0.0845. The van der Waals surface area contributed by atoms with Crippen LogP contribution in [0.1, 0.15) is 29.5 Å². The molecule has 2 aromatic carbocycles. The summed E-state index contributed by atoms with van der Waals surface area (Å²) in [5.41, 5.74) is 1.29. The first-order valence-corrected chi connectivity index (χ1v) is 10.2. The van der Waals surface area contributed by atoms with Crippen molar-refractivity contribution in [3.8, 4) is 17.1 Å².